The molecule has 0 spiro atoms. The molecule has 2 aromatic heterocycles. The zero-order chi connectivity index (χ0) is 19.8. The Hall–Kier alpha value is -3.67. The van der Waals surface area contributed by atoms with Crippen LogP contribution in [0.5, 0.6) is 5.75 Å². The number of aryl methyl sites for hydroxylation is 1. The van der Waals surface area contributed by atoms with E-state index in [1.807, 2.05) is 31.2 Å². The highest BCUT2D eigenvalue weighted by atomic mass is 16.5. The van der Waals surface area contributed by atoms with Crippen LogP contribution in [0.4, 0.5) is 0 Å². The van der Waals surface area contributed by atoms with E-state index in [4.69, 9.17) is 4.74 Å². The van der Waals surface area contributed by atoms with Gasteiger partial charge >= 0.3 is 0 Å². The molecular weight excluding hydrogens is 364 g/mol. The molecule has 2 aromatic carbocycles. The van der Waals surface area contributed by atoms with Crippen LogP contribution >= 0.6 is 0 Å². The molecule has 3 heterocycles. The Bertz CT molecular complexity index is 1200. The number of carbonyl (C=O) groups excluding carboxylic acids is 1. The Balaban J connectivity index is 1.61. The van der Waals surface area contributed by atoms with Crippen LogP contribution in [-0.2, 0) is 5.54 Å². The van der Waals surface area contributed by atoms with E-state index >= 15 is 0 Å². The van der Waals surface area contributed by atoms with E-state index in [0.717, 1.165) is 27.9 Å². The molecule has 1 aliphatic rings. The van der Waals surface area contributed by atoms with Crippen molar-refractivity contribution in [1.29, 1.82) is 0 Å². The number of nitrogens with zero attached hydrogens (tertiary/aromatic N) is 2. The van der Waals surface area contributed by atoms with Crippen molar-refractivity contribution >= 4 is 16.9 Å². The zero-order valence-electron chi connectivity index (χ0n) is 16.0. The summed E-state index contributed by atoms with van der Waals surface area (Å²) in [5, 5.41) is 3.28. The first-order valence-corrected chi connectivity index (χ1v) is 9.57. The third-order valence-corrected chi connectivity index (χ3v) is 5.46. The summed E-state index contributed by atoms with van der Waals surface area (Å²) in [6, 6.07) is 17.4. The SMILES string of the molecule is Cc1ccc([C@@]2(NC(=O)c3ccc4nc[nH]c4c3)CCOc3cccnc32)cc1. The van der Waals surface area contributed by atoms with E-state index in [9.17, 15) is 4.79 Å². The number of rotatable bonds is 3. The normalized spacial score (nSPS) is 18.1. The molecule has 0 aliphatic carbocycles. The van der Waals surface area contributed by atoms with Gasteiger partial charge in [0.25, 0.3) is 5.91 Å². The molecule has 1 atom stereocenters. The lowest BCUT2D eigenvalue weighted by atomic mass is 9.81. The van der Waals surface area contributed by atoms with E-state index in [-0.39, 0.29) is 5.91 Å². The first-order valence-electron chi connectivity index (χ1n) is 9.57. The fourth-order valence-corrected chi connectivity index (χ4v) is 3.92. The molecule has 0 bridgehead atoms. The van der Waals surface area contributed by atoms with Crippen LogP contribution in [0.1, 0.15) is 33.6 Å². The number of hydrogen-bond acceptors (Lipinski definition) is 4. The number of H-pyrrole nitrogens is 1. The maximum Gasteiger partial charge on any atom is 0.252 e. The van der Waals surface area contributed by atoms with Gasteiger partial charge in [0, 0.05) is 18.2 Å². The lowest BCUT2D eigenvalue weighted by Crippen LogP contribution is -2.50. The van der Waals surface area contributed by atoms with Crippen molar-refractivity contribution in [1.82, 2.24) is 20.3 Å². The van der Waals surface area contributed by atoms with E-state index in [0.29, 0.717) is 24.3 Å². The number of benzene rings is 2. The number of aromatic amines is 1. The van der Waals surface area contributed by atoms with E-state index in [1.165, 1.54) is 0 Å². The molecule has 0 unspecified atom stereocenters. The topological polar surface area (TPSA) is 79.9 Å². The summed E-state index contributed by atoms with van der Waals surface area (Å²) in [6.45, 7) is 2.54. The van der Waals surface area contributed by atoms with Crippen molar-refractivity contribution in [2.45, 2.75) is 18.9 Å². The molecule has 6 heteroatoms. The van der Waals surface area contributed by atoms with Crippen molar-refractivity contribution in [2.75, 3.05) is 6.61 Å². The van der Waals surface area contributed by atoms with Crippen molar-refractivity contribution in [2.24, 2.45) is 0 Å². The van der Waals surface area contributed by atoms with Gasteiger partial charge in [-0.25, -0.2) is 4.98 Å². The lowest BCUT2D eigenvalue weighted by Gasteiger charge is -2.39. The molecule has 6 nitrogen and oxygen atoms in total. The van der Waals surface area contributed by atoms with Gasteiger partial charge in [0.1, 0.15) is 17.0 Å². The second kappa shape index (κ2) is 6.74. The molecule has 0 radical (unpaired) electrons. The van der Waals surface area contributed by atoms with Crippen molar-refractivity contribution in [3.8, 4) is 5.75 Å². The fourth-order valence-electron chi connectivity index (χ4n) is 3.92. The van der Waals surface area contributed by atoms with E-state index < -0.39 is 5.54 Å². The maximum absolute atomic E-state index is 13.3. The van der Waals surface area contributed by atoms with Gasteiger partial charge in [-0.1, -0.05) is 29.8 Å². The minimum absolute atomic E-state index is 0.166. The van der Waals surface area contributed by atoms with Crippen molar-refractivity contribution in [3.05, 3.63) is 89.5 Å². The zero-order valence-corrected chi connectivity index (χ0v) is 16.0. The quantitative estimate of drug-likeness (QED) is 0.564. The van der Waals surface area contributed by atoms with E-state index in [2.05, 4.69) is 44.5 Å². The Kier molecular flexibility index (Phi) is 4.05. The summed E-state index contributed by atoms with van der Waals surface area (Å²) in [5.41, 5.74) is 4.34. The molecule has 4 aromatic rings. The number of nitrogens with one attached hydrogen (secondary N) is 2. The van der Waals surface area contributed by atoms with Crippen LogP contribution in [-0.4, -0.2) is 27.5 Å². The summed E-state index contributed by atoms with van der Waals surface area (Å²) < 4.78 is 5.83. The number of carbonyl (C=O) groups is 1. The lowest BCUT2D eigenvalue weighted by molar-refractivity contribution is 0.0884. The first kappa shape index (κ1) is 17.4. The summed E-state index contributed by atoms with van der Waals surface area (Å²) in [6.07, 6.45) is 3.95. The monoisotopic (exact) mass is 384 g/mol. The predicted octanol–water partition coefficient (Wildman–Crippen LogP) is 3.72. The molecule has 144 valence electrons. The molecule has 2 N–H and O–H groups in total. The number of hydrogen-bond donors (Lipinski definition) is 2. The largest absolute Gasteiger partial charge is 0.491 e. The number of aromatic nitrogens is 3. The summed E-state index contributed by atoms with van der Waals surface area (Å²) in [5.74, 6) is 0.532. The molecule has 0 saturated carbocycles. The Labute approximate surface area is 168 Å². The standard InChI is InChI=1S/C23H20N4O2/c1-15-4-7-17(8-5-15)23(10-12-29-20-3-2-11-24-21(20)23)27-22(28)16-6-9-18-19(13-16)26-14-25-18/h2-9,11,13-14H,10,12H2,1H3,(H,25,26)(H,27,28)/t23-/m0/s1. The third-order valence-electron chi connectivity index (χ3n) is 5.46. The van der Waals surface area contributed by atoms with Crippen molar-refractivity contribution < 1.29 is 9.53 Å². The van der Waals surface area contributed by atoms with Gasteiger partial charge in [0.15, 0.2) is 0 Å². The summed E-state index contributed by atoms with van der Waals surface area (Å²) >= 11 is 0. The van der Waals surface area contributed by atoms with Gasteiger partial charge in [0.05, 0.1) is 24.0 Å². The molecule has 0 fully saturated rings. The first-order chi connectivity index (χ1) is 14.2. The summed E-state index contributed by atoms with van der Waals surface area (Å²) in [4.78, 5) is 25.2. The summed E-state index contributed by atoms with van der Waals surface area (Å²) in [7, 11) is 0. The second-order valence-electron chi connectivity index (χ2n) is 7.31. The van der Waals surface area contributed by atoms with Crippen molar-refractivity contribution in [3.63, 3.8) is 0 Å². The fraction of sp³-hybridized carbons (Fsp3) is 0.174. The highest BCUT2D eigenvalue weighted by molar-refractivity contribution is 5.98. The molecule has 1 aliphatic heterocycles. The maximum atomic E-state index is 13.3. The van der Waals surface area contributed by atoms with Crippen LogP contribution < -0.4 is 10.1 Å². The molecule has 5 rings (SSSR count). The number of fused-ring (bicyclic) bond motifs is 2. The van der Waals surface area contributed by atoms with Gasteiger partial charge in [-0.2, -0.15) is 0 Å². The Morgan fingerprint density at radius 1 is 1.14 bits per heavy atom. The Morgan fingerprint density at radius 2 is 2.00 bits per heavy atom. The minimum atomic E-state index is -0.761. The molecule has 29 heavy (non-hydrogen) atoms. The van der Waals surface area contributed by atoms with Gasteiger partial charge in [-0.3, -0.25) is 9.78 Å². The molecule has 1 amide bonds. The average Bonchev–Trinajstić information content (AvgIpc) is 3.22. The van der Waals surface area contributed by atoms with Gasteiger partial charge in [-0.15, -0.1) is 0 Å². The van der Waals surface area contributed by atoms with Gasteiger partial charge in [-0.05, 0) is 42.8 Å². The second-order valence-corrected chi connectivity index (χ2v) is 7.31. The van der Waals surface area contributed by atoms with Gasteiger partial charge < -0.3 is 15.0 Å². The van der Waals surface area contributed by atoms with Gasteiger partial charge in [0.2, 0.25) is 0 Å². The highest BCUT2D eigenvalue weighted by Gasteiger charge is 2.42. The average molecular weight is 384 g/mol. The number of pyridine rings is 1. The number of ether oxygens (including phenoxy) is 1. The van der Waals surface area contributed by atoms with E-state index in [1.54, 1.807) is 18.6 Å². The van der Waals surface area contributed by atoms with Crippen LogP contribution in [0.2, 0.25) is 0 Å². The smallest absolute Gasteiger partial charge is 0.252 e. The molecular formula is C23H20N4O2. The minimum Gasteiger partial charge on any atom is -0.491 e. The van der Waals surface area contributed by atoms with Crippen LogP contribution in [0.15, 0.2) is 67.1 Å². The predicted molar refractivity (Wildman–Crippen MR) is 110 cm³/mol. The third kappa shape index (κ3) is 2.93. The van der Waals surface area contributed by atoms with Crippen LogP contribution in [0, 0.1) is 6.92 Å². The van der Waals surface area contributed by atoms with Crippen LogP contribution in [0.25, 0.3) is 11.0 Å². The van der Waals surface area contributed by atoms with Crippen LogP contribution in [0.3, 0.4) is 0 Å². The molecule has 0 saturated heterocycles. The number of imidazole rings is 1. The highest BCUT2D eigenvalue weighted by Crippen LogP contribution is 2.40. The number of amides is 1. The Morgan fingerprint density at radius 3 is 2.86 bits per heavy atom.